The molecule has 2 heterocycles. The molecule has 1 aliphatic carbocycles. The van der Waals surface area contributed by atoms with Crippen molar-refractivity contribution in [3.63, 3.8) is 0 Å². The molecule has 8 aromatic carbocycles. The van der Waals surface area contributed by atoms with Crippen molar-refractivity contribution in [2.45, 2.75) is 24.2 Å². The minimum atomic E-state index is -0.575. The van der Waals surface area contributed by atoms with Crippen LogP contribution in [-0.2, 0) is 14.9 Å². The summed E-state index contributed by atoms with van der Waals surface area (Å²) >= 11 is 0. The van der Waals surface area contributed by atoms with Crippen LogP contribution in [0.15, 0.2) is 146 Å². The molecule has 0 aromatic heterocycles. The predicted octanol–water partition coefficient (Wildman–Crippen LogP) is 10.6. The number of hydrogen-bond acceptors (Lipinski definition) is 4. The molecular formula is C47H34O4. The van der Waals surface area contributed by atoms with E-state index in [0.29, 0.717) is 6.61 Å². The predicted molar refractivity (Wildman–Crippen MR) is 204 cm³/mol. The summed E-state index contributed by atoms with van der Waals surface area (Å²) in [5.41, 5.74) is 7.14. The summed E-state index contributed by atoms with van der Waals surface area (Å²) in [6.07, 6.45) is 0.997. The second-order valence-corrected chi connectivity index (χ2v) is 14.1. The van der Waals surface area contributed by atoms with Gasteiger partial charge in [0, 0.05) is 6.42 Å². The lowest BCUT2D eigenvalue weighted by atomic mass is 9.67. The molecule has 2 atom stereocenters. The number of hydrogen-bond donors (Lipinski definition) is 0. The third-order valence-electron chi connectivity index (χ3n) is 11.2. The lowest BCUT2D eigenvalue weighted by molar-refractivity contribution is -0.165. The zero-order valence-electron chi connectivity index (χ0n) is 28.0. The van der Waals surface area contributed by atoms with E-state index in [1.165, 1.54) is 65.7 Å². The molecule has 2 saturated heterocycles. The van der Waals surface area contributed by atoms with Gasteiger partial charge in [0.25, 0.3) is 0 Å². The zero-order chi connectivity index (χ0) is 33.5. The van der Waals surface area contributed by atoms with Gasteiger partial charge in [-0.25, -0.2) is 0 Å². The molecule has 2 unspecified atom stereocenters. The average Bonchev–Trinajstić information content (AvgIpc) is 3.95. The van der Waals surface area contributed by atoms with E-state index in [1.54, 1.807) is 0 Å². The van der Waals surface area contributed by atoms with Crippen molar-refractivity contribution in [2.75, 3.05) is 19.8 Å². The van der Waals surface area contributed by atoms with Gasteiger partial charge in [0.05, 0.1) is 18.6 Å². The zero-order valence-corrected chi connectivity index (χ0v) is 28.0. The molecule has 11 rings (SSSR count). The normalized spacial score (nSPS) is 18.4. The maximum atomic E-state index is 6.09. The summed E-state index contributed by atoms with van der Waals surface area (Å²) in [6, 6.07) is 53.8. The third-order valence-corrected chi connectivity index (χ3v) is 11.2. The van der Waals surface area contributed by atoms with Crippen LogP contribution in [0.3, 0.4) is 0 Å². The van der Waals surface area contributed by atoms with E-state index in [9.17, 15) is 0 Å². The van der Waals surface area contributed by atoms with E-state index in [2.05, 4.69) is 146 Å². The van der Waals surface area contributed by atoms with E-state index >= 15 is 0 Å². The van der Waals surface area contributed by atoms with Gasteiger partial charge in [0.15, 0.2) is 0 Å². The standard InChI is InChI=1S/C47H34O4/c1-3-7-40-29(5-1)13-19-42-45(40)46-41-8-4-2-6-30(41)14-20-43(46)47(42,35-15-9-33-25-37(17-11-31(33)23-35)49-27-39-28-50-39)36-16-10-34-26-38(18-12-32(34)24-36)51-44-21-22-48-44/h1-20,23-26,39,44H,21-22,27-28H2. The average molecular weight is 663 g/mol. The highest BCUT2D eigenvalue weighted by atomic mass is 16.7. The largest absolute Gasteiger partial charge is 0.491 e. The summed E-state index contributed by atoms with van der Waals surface area (Å²) in [5, 5.41) is 9.69. The maximum Gasteiger partial charge on any atom is 0.202 e. The fraction of sp³-hybridized carbons (Fsp3) is 0.149. The van der Waals surface area contributed by atoms with Crippen molar-refractivity contribution >= 4 is 43.1 Å². The highest BCUT2D eigenvalue weighted by molar-refractivity contribution is 6.12. The molecule has 4 nitrogen and oxygen atoms in total. The van der Waals surface area contributed by atoms with Gasteiger partial charge in [-0.2, -0.15) is 0 Å². The molecular weight excluding hydrogens is 629 g/mol. The minimum absolute atomic E-state index is 0.149. The SMILES string of the molecule is c1ccc2c3c(ccc2c1)C(c1ccc2cc(OCC4CO4)ccc2c1)(c1ccc2cc(OC4CCO4)ccc2c1)c1ccc2ccccc2c1-3. The lowest BCUT2D eigenvalue weighted by Gasteiger charge is -2.34. The molecule has 0 bridgehead atoms. The summed E-state index contributed by atoms with van der Waals surface area (Å²) in [4.78, 5) is 0. The highest BCUT2D eigenvalue weighted by Crippen LogP contribution is 2.60. The number of rotatable bonds is 7. The Hall–Kier alpha value is -5.68. The van der Waals surface area contributed by atoms with Gasteiger partial charge in [0.1, 0.15) is 24.2 Å². The first-order valence-corrected chi connectivity index (χ1v) is 17.9. The minimum Gasteiger partial charge on any atom is -0.491 e. The Morgan fingerprint density at radius 1 is 0.529 bits per heavy atom. The summed E-state index contributed by atoms with van der Waals surface area (Å²) < 4.78 is 23.1. The second-order valence-electron chi connectivity index (χ2n) is 14.1. The summed E-state index contributed by atoms with van der Waals surface area (Å²) in [6.45, 7) is 2.13. The van der Waals surface area contributed by atoms with Crippen LogP contribution in [0.25, 0.3) is 54.2 Å². The van der Waals surface area contributed by atoms with Crippen LogP contribution in [0.2, 0.25) is 0 Å². The first kappa shape index (κ1) is 29.1. The molecule has 0 amide bonds. The van der Waals surface area contributed by atoms with E-state index < -0.39 is 5.41 Å². The Bertz CT molecular complexity index is 2600. The molecule has 246 valence electrons. The molecule has 51 heavy (non-hydrogen) atoms. The molecule has 0 radical (unpaired) electrons. The van der Waals surface area contributed by atoms with Crippen LogP contribution in [0.1, 0.15) is 28.7 Å². The van der Waals surface area contributed by atoms with Crippen molar-refractivity contribution in [3.05, 3.63) is 168 Å². The number of ether oxygens (including phenoxy) is 4. The van der Waals surface area contributed by atoms with Crippen molar-refractivity contribution in [2.24, 2.45) is 0 Å². The molecule has 2 fully saturated rings. The number of benzene rings is 8. The third kappa shape index (κ3) is 4.53. The first-order chi connectivity index (χ1) is 25.2. The Labute approximate surface area is 295 Å². The number of epoxide rings is 1. The fourth-order valence-corrected chi connectivity index (χ4v) is 8.53. The van der Waals surface area contributed by atoms with Crippen LogP contribution in [0.5, 0.6) is 11.5 Å². The van der Waals surface area contributed by atoms with E-state index in [0.717, 1.165) is 41.9 Å². The van der Waals surface area contributed by atoms with Crippen molar-refractivity contribution in [3.8, 4) is 22.6 Å². The second kappa shape index (κ2) is 11.2. The molecule has 0 saturated carbocycles. The summed E-state index contributed by atoms with van der Waals surface area (Å²) in [5.74, 6) is 1.71. The van der Waals surface area contributed by atoms with Gasteiger partial charge in [-0.3, -0.25) is 0 Å². The van der Waals surface area contributed by atoms with Crippen molar-refractivity contribution < 1.29 is 18.9 Å². The fourth-order valence-electron chi connectivity index (χ4n) is 8.53. The maximum absolute atomic E-state index is 6.09. The van der Waals surface area contributed by atoms with Gasteiger partial charge >= 0.3 is 0 Å². The van der Waals surface area contributed by atoms with Crippen LogP contribution < -0.4 is 9.47 Å². The molecule has 0 N–H and O–H groups in total. The van der Waals surface area contributed by atoms with Crippen LogP contribution >= 0.6 is 0 Å². The molecule has 8 aromatic rings. The highest BCUT2D eigenvalue weighted by Gasteiger charge is 2.47. The van der Waals surface area contributed by atoms with Gasteiger partial charge in [0.2, 0.25) is 6.29 Å². The number of fused-ring (bicyclic) bond motifs is 9. The molecule has 0 spiro atoms. The van der Waals surface area contributed by atoms with Gasteiger partial charge in [-0.1, -0.05) is 109 Å². The van der Waals surface area contributed by atoms with E-state index in [-0.39, 0.29) is 12.4 Å². The van der Waals surface area contributed by atoms with Gasteiger partial charge in [-0.15, -0.1) is 0 Å². The molecule has 2 aliphatic heterocycles. The lowest BCUT2D eigenvalue weighted by Crippen LogP contribution is -2.32. The first-order valence-electron chi connectivity index (χ1n) is 17.9. The monoisotopic (exact) mass is 662 g/mol. The van der Waals surface area contributed by atoms with Crippen molar-refractivity contribution in [1.82, 2.24) is 0 Å². The topological polar surface area (TPSA) is 40.2 Å². The van der Waals surface area contributed by atoms with E-state index in [1.807, 2.05) is 0 Å². The van der Waals surface area contributed by atoms with E-state index in [4.69, 9.17) is 18.9 Å². The Balaban J connectivity index is 1.18. The Kier molecular flexibility index (Phi) is 6.37. The van der Waals surface area contributed by atoms with Gasteiger partial charge < -0.3 is 18.9 Å². The van der Waals surface area contributed by atoms with Crippen molar-refractivity contribution in [1.29, 1.82) is 0 Å². The van der Waals surface area contributed by atoms with Crippen LogP contribution in [0.4, 0.5) is 0 Å². The smallest absolute Gasteiger partial charge is 0.202 e. The Morgan fingerprint density at radius 3 is 1.61 bits per heavy atom. The van der Waals surface area contributed by atoms with Gasteiger partial charge in [-0.05, 0) is 113 Å². The summed E-state index contributed by atoms with van der Waals surface area (Å²) in [7, 11) is 0. The molecule has 3 aliphatic rings. The molecule has 4 heteroatoms. The quantitative estimate of drug-likeness (QED) is 0.159. The Morgan fingerprint density at radius 2 is 1.04 bits per heavy atom. The van der Waals surface area contributed by atoms with Crippen LogP contribution in [-0.4, -0.2) is 32.2 Å². The van der Waals surface area contributed by atoms with Crippen LogP contribution in [0, 0.1) is 0 Å².